The lowest BCUT2D eigenvalue weighted by atomic mass is 9.96. The molecule has 1 N–H and O–H groups in total. The van der Waals surface area contributed by atoms with E-state index < -0.39 is 0 Å². The number of benzene rings is 1. The molecule has 1 heterocycles. The van der Waals surface area contributed by atoms with E-state index in [9.17, 15) is 0 Å². The zero-order valence-corrected chi connectivity index (χ0v) is 10.7. The minimum absolute atomic E-state index is 0.0501. The molecule has 2 rings (SSSR count). The number of rotatable bonds is 1. The third-order valence-corrected chi connectivity index (χ3v) is 3.11. The molecule has 0 saturated carbocycles. The van der Waals surface area contributed by atoms with Gasteiger partial charge in [-0.05, 0) is 38.5 Å². The number of ether oxygens (including phenoxy) is 1. The van der Waals surface area contributed by atoms with E-state index in [1.807, 2.05) is 18.2 Å². The van der Waals surface area contributed by atoms with Crippen molar-refractivity contribution in [2.75, 3.05) is 6.61 Å². The van der Waals surface area contributed by atoms with E-state index in [-0.39, 0.29) is 11.6 Å². The summed E-state index contributed by atoms with van der Waals surface area (Å²) in [6.45, 7) is 7.16. The molecule has 1 aliphatic rings. The lowest BCUT2D eigenvalue weighted by molar-refractivity contribution is -0.0495. The molecule has 1 aliphatic heterocycles. The van der Waals surface area contributed by atoms with Crippen molar-refractivity contribution in [3.63, 3.8) is 0 Å². The van der Waals surface area contributed by atoms with E-state index >= 15 is 0 Å². The van der Waals surface area contributed by atoms with E-state index in [2.05, 4.69) is 32.2 Å². The summed E-state index contributed by atoms with van der Waals surface area (Å²) in [6, 6.07) is 8.18. The predicted molar refractivity (Wildman–Crippen MR) is 66.8 cm³/mol. The summed E-state index contributed by atoms with van der Waals surface area (Å²) in [7, 11) is 0. The molecule has 1 fully saturated rings. The maximum Gasteiger partial charge on any atom is 0.0976 e. The fourth-order valence-corrected chi connectivity index (χ4v) is 2.44. The second-order valence-electron chi connectivity index (χ2n) is 5.10. The third-order valence-electron chi connectivity index (χ3n) is 2.87. The molecule has 0 unspecified atom stereocenters. The van der Waals surface area contributed by atoms with Gasteiger partial charge < -0.3 is 10.1 Å². The summed E-state index contributed by atoms with van der Waals surface area (Å²) in [4.78, 5) is 0. The number of hydrogen-bond acceptors (Lipinski definition) is 2. The van der Waals surface area contributed by atoms with E-state index in [1.165, 1.54) is 0 Å². The van der Waals surface area contributed by atoms with Crippen LogP contribution in [0.4, 0.5) is 0 Å². The number of hydrogen-bond donors (Lipinski definition) is 1. The zero-order valence-electron chi connectivity index (χ0n) is 9.96. The molecule has 88 valence electrons. The standard InChI is InChI=1S/C13H18ClNO/c1-9-12(16-8-13(2,3)15-9)10-5-4-6-11(14)7-10/h4-7,9,12,15H,8H2,1-3H3/t9-,12+/m1/s1. The van der Waals surface area contributed by atoms with Crippen molar-refractivity contribution >= 4 is 11.6 Å². The van der Waals surface area contributed by atoms with Gasteiger partial charge in [0.1, 0.15) is 0 Å². The maximum absolute atomic E-state index is 5.99. The largest absolute Gasteiger partial charge is 0.370 e. The van der Waals surface area contributed by atoms with Gasteiger partial charge in [-0.25, -0.2) is 0 Å². The van der Waals surface area contributed by atoms with Crippen molar-refractivity contribution in [1.82, 2.24) is 5.32 Å². The van der Waals surface area contributed by atoms with Gasteiger partial charge in [0.25, 0.3) is 0 Å². The van der Waals surface area contributed by atoms with Crippen LogP contribution >= 0.6 is 11.6 Å². The van der Waals surface area contributed by atoms with E-state index in [4.69, 9.17) is 16.3 Å². The van der Waals surface area contributed by atoms with Crippen molar-refractivity contribution in [3.05, 3.63) is 34.9 Å². The number of halogens is 1. The molecule has 0 amide bonds. The maximum atomic E-state index is 5.99. The first-order valence-corrected chi connectivity index (χ1v) is 6.00. The van der Waals surface area contributed by atoms with Crippen molar-refractivity contribution in [2.24, 2.45) is 0 Å². The van der Waals surface area contributed by atoms with Crippen molar-refractivity contribution in [2.45, 2.75) is 38.5 Å². The number of nitrogens with one attached hydrogen (secondary N) is 1. The van der Waals surface area contributed by atoms with Gasteiger partial charge in [0.15, 0.2) is 0 Å². The van der Waals surface area contributed by atoms with Gasteiger partial charge >= 0.3 is 0 Å². The number of morpholine rings is 1. The Morgan fingerprint density at radius 3 is 2.81 bits per heavy atom. The van der Waals surface area contributed by atoms with Gasteiger partial charge in [0.2, 0.25) is 0 Å². The Bertz CT molecular complexity index is 378. The fourth-order valence-electron chi connectivity index (χ4n) is 2.24. The lowest BCUT2D eigenvalue weighted by Crippen LogP contribution is -2.55. The Morgan fingerprint density at radius 1 is 1.44 bits per heavy atom. The molecular formula is C13H18ClNO. The van der Waals surface area contributed by atoms with E-state index in [1.54, 1.807) is 0 Å². The summed E-state index contributed by atoms with van der Waals surface area (Å²) in [5.41, 5.74) is 1.19. The molecule has 3 heteroatoms. The molecule has 0 aromatic heterocycles. The first-order chi connectivity index (χ1) is 7.48. The second kappa shape index (κ2) is 4.36. The first kappa shape index (κ1) is 11.9. The first-order valence-electron chi connectivity index (χ1n) is 5.63. The quantitative estimate of drug-likeness (QED) is 0.813. The van der Waals surface area contributed by atoms with Crippen LogP contribution in [0.1, 0.15) is 32.4 Å². The van der Waals surface area contributed by atoms with Gasteiger partial charge in [-0.3, -0.25) is 0 Å². The third kappa shape index (κ3) is 2.57. The Balaban J connectivity index is 2.17. The van der Waals surface area contributed by atoms with E-state index in [0.29, 0.717) is 12.6 Å². The Morgan fingerprint density at radius 2 is 2.19 bits per heavy atom. The van der Waals surface area contributed by atoms with Gasteiger partial charge in [0.05, 0.1) is 12.7 Å². The highest BCUT2D eigenvalue weighted by Crippen LogP contribution is 2.29. The van der Waals surface area contributed by atoms with E-state index in [0.717, 1.165) is 10.6 Å². The molecule has 0 aliphatic carbocycles. The van der Waals surface area contributed by atoms with Crippen LogP contribution in [0, 0.1) is 0 Å². The highest BCUT2D eigenvalue weighted by molar-refractivity contribution is 6.30. The minimum atomic E-state index is 0.0501. The van der Waals surface area contributed by atoms with Crippen LogP contribution in [0.2, 0.25) is 5.02 Å². The monoisotopic (exact) mass is 239 g/mol. The molecule has 1 saturated heterocycles. The molecule has 2 atom stereocenters. The topological polar surface area (TPSA) is 21.3 Å². The van der Waals surface area contributed by atoms with Gasteiger partial charge in [-0.2, -0.15) is 0 Å². The molecular weight excluding hydrogens is 222 g/mol. The normalized spacial score (nSPS) is 29.0. The average molecular weight is 240 g/mol. The highest BCUT2D eigenvalue weighted by Gasteiger charge is 2.33. The minimum Gasteiger partial charge on any atom is -0.370 e. The predicted octanol–water partition coefficient (Wildman–Crippen LogP) is 3.17. The van der Waals surface area contributed by atoms with Crippen LogP contribution in [-0.4, -0.2) is 18.2 Å². The molecule has 0 radical (unpaired) electrons. The Labute approximate surface area is 102 Å². The summed E-state index contributed by atoms with van der Waals surface area (Å²) >= 11 is 5.99. The van der Waals surface area contributed by atoms with Crippen molar-refractivity contribution < 1.29 is 4.74 Å². The molecule has 1 aromatic rings. The smallest absolute Gasteiger partial charge is 0.0976 e. The lowest BCUT2D eigenvalue weighted by Gasteiger charge is -2.41. The molecule has 1 aromatic carbocycles. The van der Waals surface area contributed by atoms with Gasteiger partial charge in [-0.15, -0.1) is 0 Å². The fraction of sp³-hybridized carbons (Fsp3) is 0.538. The van der Waals surface area contributed by atoms with Crippen LogP contribution in [0.15, 0.2) is 24.3 Å². The summed E-state index contributed by atoms with van der Waals surface area (Å²) in [6.07, 6.45) is 0.0896. The van der Waals surface area contributed by atoms with Crippen molar-refractivity contribution in [3.8, 4) is 0 Å². The van der Waals surface area contributed by atoms with Crippen LogP contribution in [0.25, 0.3) is 0 Å². The van der Waals surface area contributed by atoms with Gasteiger partial charge in [-0.1, -0.05) is 23.7 Å². The van der Waals surface area contributed by atoms with Crippen molar-refractivity contribution in [1.29, 1.82) is 0 Å². The van der Waals surface area contributed by atoms with Crippen LogP contribution in [0.3, 0.4) is 0 Å². The highest BCUT2D eigenvalue weighted by atomic mass is 35.5. The average Bonchev–Trinajstić information content (AvgIpc) is 2.15. The summed E-state index contributed by atoms with van der Waals surface area (Å²) in [5.74, 6) is 0. The molecule has 0 bridgehead atoms. The van der Waals surface area contributed by atoms with Crippen LogP contribution < -0.4 is 5.32 Å². The SMILES string of the molecule is C[C@H]1NC(C)(C)CO[C@@H]1c1cccc(Cl)c1. The summed E-state index contributed by atoms with van der Waals surface area (Å²) in [5, 5.41) is 4.32. The molecule has 2 nitrogen and oxygen atoms in total. The van der Waals surface area contributed by atoms with Crippen LogP contribution in [0.5, 0.6) is 0 Å². The Hall–Kier alpha value is -0.570. The van der Waals surface area contributed by atoms with Gasteiger partial charge in [0, 0.05) is 16.6 Å². The molecule has 16 heavy (non-hydrogen) atoms. The summed E-state index contributed by atoms with van der Waals surface area (Å²) < 4.78 is 5.93. The van der Waals surface area contributed by atoms with Crippen LogP contribution in [-0.2, 0) is 4.74 Å². The molecule has 0 spiro atoms. The Kier molecular flexibility index (Phi) is 3.24. The zero-order chi connectivity index (χ0) is 11.8. The second-order valence-corrected chi connectivity index (χ2v) is 5.54.